The molecule has 34 heavy (non-hydrogen) atoms. The van der Waals surface area contributed by atoms with Crippen LogP contribution >= 0.6 is 0 Å². The molecule has 7 nitrogen and oxygen atoms in total. The molecule has 0 aliphatic carbocycles. The number of carbonyl (C=O) groups excluding carboxylic acids is 1. The summed E-state index contributed by atoms with van der Waals surface area (Å²) in [6.45, 7) is 0.175. The highest BCUT2D eigenvalue weighted by Gasteiger charge is 2.24. The zero-order valence-corrected chi connectivity index (χ0v) is 17.9. The molecule has 1 aliphatic rings. The van der Waals surface area contributed by atoms with Crippen LogP contribution in [0, 0.1) is 10.1 Å². The predicted octanol–water partition coefficient (Wildman–Crippen LogP) is 5.67. The van der Waals surface area contributed by atoms with Crippen LogP contribution in [0.2, 0.25) is 0 Å². The average molecular weight is 450 g/mol. The van der Waals surface area contributed by atoms with E-state index in [1.54, 1.807) is 36.4 Å². The second-order valence-electron chi connectivity index (χ2n) is 7.69. The van der Waals surface area contributed by atoms with Gasteiger partial charge in [-0.25, -0.2) is 9.79 Å². The van der Waals surface area contributed by atoms with E-state index < -0.39 is 10.9 Å². The lowest BCUT2D eigenvalue weighted by atomic mass is 10.1. The number of carbonyl (C=O) groups is 1. The molecule has 4 aromatic carbocycles. The van der Waals surface area contributed by atoms with Crippen LogP contribution in [-0.2, 0) is 16.1 Å². The van der Waals surface area contributed by atoms with Crippen LogP contribution in [0.1, 0.15) is 16.7 Å². The van der Waals surface area contributed by atoms with Crippen molar-refractivity contribution in [2.75, 3.05) is 0 Å². The smallest absolute Gasteiger partial charge is 0.363 e. The van der Waals surface area contributed by atoms with Crippen molar-refractivity contribution in [3.63, 3.8) is 0 Å². The van der Waals surface area contributed by atoms with E-state index >= 15 is 0 Å². The predicted molar refractivity (Wildman–Crippen MR) is 128 cm³/mol. The monoisotopic (exact) mass is 450 g/mol. The summed E-state index contributed by atoms with van der Waals surface area (Å²) in [6, 6.07) is 27.2. The van der Waals surface area contributed by atoms with Crippen molar-refractivity contribution in [1.82, 2.24) is 0 Å². The Bertz CT molecular complexity index is 1490. The van der Waals surface area contributed by atoms with E-state index in [-0.39, 0.29) is 23.9 Å². The number of hydrogen-bond acceptors (Lipinski definition) is 6. The van der Waals surface area contributed by atoms with Crippen LogP contribution in [0.15, 0.2) is 102 Å². The van der Waals surface area contributed by atoms with Crippen LogP contribution in [0.25, 0.3) is 16.8 Å². The molecular formula is C27H18N2O5. The molecule has 0 amide bonds. The van der Waals surface area contributed by atoms with Crippen molar-refractivity contribution >= 4 is 34.4 Å². The first-order valence-corrected chi connectivity index (χ1v) is 10.5. The van der Waals surface area contributed by atoms with Crippen LogP contribution in [0.5, 0.6) is 5.75 Å². The van der Waals surface area contributed by atoms with Gasteiger partial charge >= 0.3 is 5.97 Å². The van der Waals surface area contributed by atoms with Gasteiger partial charge in [0, 0.05) is 17.7 Å². The maximum atomic E-state index is 12.4. The first-order chi connectivity index (χ1) is 16.5. The minimum Gasteiger partial charge on any atom is -0.489 e. The highest BCUT2D eigenvalue weighted by molar-refractivity contribution is 6.13. The molecule has 0 saturated carbocycles. The quantitative estimate of drug-likeness (QED) is 0.163. The minimum absolute atomic E-state index is 0.0133. The van der Waals surface area contributed by atoms with Crippen molar-refractivity contribution in [3.8, 4) is 5.75 Å². The van der Waals surface area contributed by atoms with Gasteiger partial charge in [-0.1, -0.05) is 54.6 Å². The Morgan fingerprint density at radius 3 is 2.59 bits per heavy atom. The highest BCUT2D eigenvalue weighted by atomic mass is 16.6. The Morgan fingerprint density at radius 1 is 0.912 bits per heavy atom. The number of esters is 1. The van der Waals surface area contributed by atoms with Gasteiger partial charge in [-0.05, 0) is 52.2 Å². The SMILES string of the molecule is O=C1OC(c2ccc3ccccc3c2)=N/C1=C\c1cccc(OCc2cccc([N+](=O)[O-])c2)c1. The van der Waals surface area contributed by atoms with Crippen molar-refractivity contribution in [1.29, 1.82) is 0 Å². The number of aliphatic imine (C=N–C) groups is 1. The number of rotatable bonds is 6. The number of benzene rings is 4. The lowest BCUT2D eigenvalue weighted by Gasteiger charge is -2.07. The minimum atomic E-state index is -0.522. The lowest BCUT2D eigenvalue weighted by molar-refractivity contribution is -0.384. The fourth-order valence-electron chi connectivity index (χ4n) is 3.63. The highest BCUT2D eigenvalue weighted by Crippen LogP contribution is 2.24. The molecule has 5 rings (SSSR count). The summed E-state index contributed by atoms with van der Waals surface area (Å²) in [5.74, 6) is 0.303. The molecule has 0 spiro atoms. The fraction of sp³-hybridized carbons (Fsp3) is 0.0370. The van der Waals surface area contributed by atoms with Crippen molar-refractivity contribution in [2.45, 2.75) is 6.61 Å². The Hall–Kier alpha value is -4.78. The third kappa shape index (κ3) is 4.54. The molecule has 7 heteroatoms. The first-order valence-electron chi connectivity index (χ1n) is 10.5. The number of nitrogens with zero attached hydrogens (tertiary/aromatic N) is 2. The summed E-state index contributed by atoms with van der Waals surface area (Å²) in [5, 5.41) is 13.1. The van der Waals surface area contributed by atoms with Crippen LogP contribution in [0.4, 0.5) is 5.69 Å². The molecule has 0 bridgehead atoms. The van der Waals surface area contributed by atoms with Gasteiger partial charge in [0.1, 0.15) is 12.4 Å². The van der Waals surface area contributed by atoms with Gasteiger partial charge in [-0.3, -0.25) is 10.1 Å². The number of fused-ring (bicyclic) bond motifs is 1. The van der Waals surface area contributed by atoms with Gasteiger partial charge in [0.15, 0.2) is 5.70 Å². The second-order valence-corrected chi connectivity index (χ2v) is 7.69. The van der Waals surface area contributed by atoms with Crippen molar-refractivity contribution < 1.29 is 19.2 Å². The van der Waals surface area contributed by atoms with Gasteiger partial charge in [-0.15, -0.1) is 0 Å². The molecule has 0 atom stereocenters. The van der Waals surface area contributed by atoms with Gasteiger partial charge in [0.25, 0.3) is 5.69 Å². The van der Waals surface area contributed by atoms with E-state index in [0.717, 1.165) is 16.3 Å². The zero-order valence-electron chi connectivity index (χ0n) is 17.9. The summed E-state index contributed by atoms with van der Waals surface area (Å²) in [4.78, 5) is 27.3. The average Bonchev–Trinajstić information content (AvgIpc) is 3.23. The van der Waals surface area contributed by atoms with E-state index in [2.05, 4.69) is 4.99 Å². The standard InChI is InChI=1S/C27H18N2O5/c30-27-25(28-26(34-27)22-12-11-20-7-1-2-8-21(20)16-22)15-18-5-4-10-24(14-18)33-17-19-6-3-9-23(13-19)29(31)32/h1-16H,17H2/b25-15-. The maximum Gasteiger partial charge on any atom is 0.363 e. The van der Waals surface area contributed by atoms with Gasteiger partial charge in [0.05, 0.1) is 4.92 Å². The van der Waals surface area contributed by atoms with E-state index in [1.165, 1.54) is 12.1 Å². The Labute approximate surface area is 194 Å². The zero-order chi connectivity index (χ0) is 23.5. The summed E-state index contributed by atoms with van der Waals surface area (Å²) in [7, 11) is 0. The molecule has 166 valence electrons. The third-order valence-corrected chi connectivity index (χ3v) is 5.31. The molecule has 0 radical (unpaired) electrons. The number of non-ortho nitro benzene ring substituents is 1. The number of nitro benzene ring substituents is 1. The number of cyclic esters (lactones) is 1. The van der Waals surface area contributed by atoms with E-state index in [0.29, 0.717) is 16.9 Å². The Kier molecular flexibility index (Phi) is 5.58. The normalized spacial score (nSPS) is 14.2. The van der Waals surface area contributed by atoms with Crippen LogP contribution < -0.4 is 4.74 Å². The summed E-state index contributed by atoms with van der Waals surface area (Å²) < 4.78 is 11.2. The summed E-state index contributed by atoms with van der Waals surface area (Å²) in [6.07, 6.45) is 1.64. The Morgan fingerprint density at radius 2 is 1.74 bits per heavy atom. The first kappa shape index (κ1) is 21.1. The maximum absolute atomic E-state index is 12.4. The van der Waals surface area contributed by atoms with E-state index in [9.17, 15) is 14.9 Å². The van der Waals surface area contributed by atoms with E-state index in [1.807, 2.05) is 48.5 Å². The van der Waals surface area contributed by atoms with Crippen molar-refractivity contribution in [2.24, 2.45) is 4.99 Å². The van der Waals surface area contributed by atoms with Crippen LogP contribution in [0.3, 0.4) is 0 Å². The second kappa shape index (κ2) is 8.99. The molecule has 0 aromatic heterocycles. The summed E-state index contributed by atoms with van der Waals surface area (Å²) in [5.41, 5.74) is 2.33. The number of hydrogen-bond donors (Lipinski definition) is 0. The lowest BCUT2D eigenvalue weighted by Crippen LogP contribution is -2.05. The molecule has 1 heterocycles. The molecule has 0 fully saturated rings. The topological polar surface area (TPSA) is 91.0 Å². The molecule has 0 N–H and O–H groups in total. The fourth-order valence-corrected chi connectivity index (χ4v) is 3.63. The van der Waals surface area contributed by atoms with E-state index in [4.69, 9.17) is 9.47 Å². The van der Waals surface area contributed by atoms with Gasteiger partial charge in [0.2, 0.25) is 5.90 Å². The third-order valence-electron chi connectivity index (χ3n) is 5.31. The number of ether oxygens (including phenoxy) is 2. The molecular weight excluding hydrogens is 432 g/mol. The van der Waals surface area contributed by atoms with Gasteiger partial charge in [-0.2, -0.15) is 0 Å². The molecule has 1 aliphatic heterocycles. The Balaban J connectivity index is 1.34. The largest absolute Gasteiger partial charge is 0.489 e. The van der Waals surface area contributed by atoms with Gasteiger partial charge < -0.3 is 9.47 Å². The number of nitro groups is 1. The molecule has 4 aromatic rings. The van der Waals surface area contributed by atoms with Crippen molar-refractivity contribution in [3.05, 3.63) is 123 Å². The van der Waals surface area contributed by atoms with Crippen LogP contribution in [-0.4, -0.2) is 16.8 Å². The summed E-state index contributed by atoms with van der Waals surface area (Å²) >= 11 is 0. The molecule has 0 unspecified atom stereocenters. The molecule has 0 saturated heterocycles.